The molecule has 0 aliphatic heterocycles. The smallest absolute Gasteiger partial charge is 0.119 e. The zero-order chi connectivity index (χ0) is 32.7. The molecule has 0 aliphatic carbocycles. The van der Waals surface area contributed by atoms with Gasteiger partial charge < -0.3 is 47.4 Å². The summed E-state index contributed by atoms with van der Waals surface area (Å²) in [5.41, 5.74) is 0. The highest BCUT2D eigenvalue weighted by molar-refractivity contribution is 5.20. The van der Waals surface area contributed by atoms with E-state index in [0.717, 1.165) is 18.8 Å². The molecule has 0 amide bonds. The maximum atomic E-state index is 5.65. The normalized spacial score (nSPS) is 11.4. The Bertz CT molecular complexity index is 682. The van der Waals surface area contributed by atoms with Gasteiger partial charge >= 0.3 is 0 Å². The van der Waals surface area contributed by atoms with Crippen LogP contribution in [0.15, 0.2) is 30.3 Å². The van der Waals surface area contributed by atoms with Gasteiger partial charge in [-0.05, 0) is 18.6 Å². The molecule has 0 N–H and O–H groups in total. The Kier molecular flexibility index (Phi) is 35.4. The summed E-state index contributed by atoms with van der Waals surface area (Å²) in [7, 11) is 0. The molecule has 0 aromatic heterocycles. The molecule has 0 fully saturated rings. The lowest BCUT2D eigenvalue weighted by molar-refractivity contribution is -0.0254. The second kappa shape index (κ2) is 38.1. The molecule has 10 nitrogen and oxygen atoms in total. The summed E-state index contributed by atoms with van der Waals surface area (Å²) in [6.07, 6.45) is 13.4. The van der Waals surface area contributed by atoms with Crippen molar-refractivity contribution in [2.45, 2.75) is 71.1 Å². The van der Waals surface area contributed by atoms with Crippen LogP contribution in [-0.4, -0.2) is 126 Å². The summed E-state index contributed by atoms with van der Waals surface area (Å²) in [5, 5.41) is 0. The van der Waals surface area contributed by atoms with E-state index in [-0.39, 0.29) is 0 Å². The molecule has 0 atom stereocenters. The predicted molar refractivity (Wildman–Crippen MR) is 181 cm³/mol. The first kappa shape index (κ1) is 42.7. The van der Waals surface area contributed by atoms with E-state index in [1.165, 1.54) is 57.8 Å². The molecule has 10 heteroatoms. The number of para-hydroxylation sites is 1. The lowest BCUT2D eigenvalue weighted by atomic mass is 10.1. The molecular formula is C36H66O10. The zero-order valence-electron chi connectivity index (χ0n) is 29.0. The van der Waals surface area contributed by atoms with Crippen molar-refractivity contribution >= 4 is 0 Å². The van der Waals surface area contributed by atoms with Gasteiger partial charge in [0.15, 0.2) is 0 Å². The molecule has 270 valence electrons. The lowest BCUT2D eigenvalue weighted by Crippen LogP contribution is -2.15. The number of ether oxygens (including phenoxy) is 10. The van der Waals surface area contributed by atoms with E-state index in [0.29, 0.717) is 119 Å². The average Bonchev–Trinajstić information content (AvgIpc) is 3.08. The van der Waals surface area contributed by atoms with Gasteiger partial charge in [0.1, 0.15) is 12.4 Å². The quantitative estimate of drug-likeness (QED) is 0.0769. The standard InChI is InChI=1S/C36H66O10/c1-2-3-4-5-6-7-8-9-10-14-17-37-18-19-38-20-21-39-22-23-40-24-25-41-26-27-42-28-29-43-30-31-44-32-33-45-34-35-46-36-15-12-11-13-16-36/h11-13,15-16H,2-10,14,17-35H2,1H3. The van der Waals surface area contributed by atoms with Crippen molar-refractivity contribution in [2.24, 2.45) is 0 Å². The molecule has 0 heterocycles. The van der Waals surface area contributed by atoms with Crippen LogP contribution in [0.3, 0.4) is 0 Å². The molecule has 0 unspecified atom stereocenters. The Labute approximate surface area is 280 Å². The molecule has 1 aromatic carbocycles. The van der Waals surface area contributed by atoms with Crippen LogP contribution in [0.1, 0.15) is 71.1 Å². The largest absolute Gasteiger partial charge is 0.491 e. The third-order valence-electron chi connectivity index (χ3n) is 6.86. The third-order valence-corrected chi connectivity index (χ3v) is 6.86. The van der Waals surface area contributed by atoms with E-state index in [9.17, 15) is 0 Å². The summed E-state index contributed by atoms with van der Waals surface area (Å²) < 4.78 is 55.2. The van der Waals surface area contributed by atoms with Crippen molar-refractivity contribution in [3.8, 4) is 5.75 Å². The SMILES string of the molecule is CCCCCCCCCCCCOCCOCCOCCOCCOCCOCCOCCOCCOCCOc1ccccc1. The highest BCUT2D eigenvalue weighted by Crippen LogP contribution is 2.10. The van der Waals surface area contributed by atoms with Gasteiger partial charge in [-0.3, -0.25) is 0 Å². The Morgan fingerprint density at radius 2 is 0.587 bits per heavy atom. The Morgan fingerprint density at radius 1 is 0.304 bits per heavy atom. The third kappa shape index (κ3) is 34.0. The maximum absolute atomic E-state index is 5.65. The number of benzene rings is 1. The van der Waals surface area contributed by atoms with Crippen molar-refractivity contribution in [2.75, 3.05) is 126 Å². The van der Waals surface area contributed by atoms with Gasteiger partial charge in [-0.15, -0.1) is 0 Å². The van der Waals surface area contributed by atoms with Gasteiger partial charge in [0.2, 0.25) is 0 Å². The van der Waals surface area contributed by atoms with Gasteiger partial charge in [0, 0.05) is 6.61 Å². The minimum atomic E-state index is 0.523. The summed E-state index contributed by atoms with van der Waals surface area (Å²) in [6, 6.07) is 9.70. The van der Waals surface area contributed by atoms with E-state index in [2.05, 4.69) is 6.92 Å². The van der Waals surface area contributed by atoms with E-state index in [4.69, 9.17) is 47.4 Å². The first-order chi connectivity index (χ1) is 22.9. The van der Waals surface area contributed by atoms with Crippen LogP contribution >= 0.6 is 0 Å². The second-order valence-electron chi connectivity index (χ2n) is 10.9. The Morgan fingerprint density at radius 3 is 0.935 bits per heavy atom. The van der Waals surface area contributed by atoms with Crippen LogP contribution in [0.4, 0.5) is 0 Å². The first-order valence-electron chi connectivity index (χ1n) is 17.8. The van der Waals surface area contributed by atoms with E-state index in [1.54, 1.807) is 0 Å². The molecule has 0 aliphatic rings. The van der Waals surface area contributed by atoms with E-state index < -0.39 is 0 Å². The lowest BCUT2D eigenvalue weighted by Gasteiger charge is -2.09. The summed E-state index contributed by atoms with van der Waals surface area (Å²) in [5.74, 6) is 0.849. The van der Waals surface area contributed by atoms with Crippen LogP contribution in [-0.2, 0) is 42.6 Å². The average molecular weight is 659 g/mol. The van der Waals surface area contributed by atoms with Gasteiger partial charge in [-0.25, -0.2) is 0 Å². The summed E-state index contributed by atoms with van der Waals surface area (Å²) >= 11 is 0. The summed E-state index contributed by atoms with van der Waals surface area (Å²) in [4.78, 5) is 0. The first-order valence-corrected chi connectivity index (χ1v) is 17.8. The van der Waals surface area contributed by atoms with Crippen LogP contribution in [0.25, 0.3) is 0 Å². The van der Waals surface area contributed by atoms with Crippen molar-refractivity contribution in [1.82, 2.24) is 0 Å². The zero-order valence-corrected chi connectivity index (χ0v) is 29.0. The van der Waals surface area contributed by atoms with Crippen LogP contribution in [0.5, 0.6) is 5.75 Å². The van der Waals surface area contributed by atoms with Crippen molar-refractivity contribution in [3.63, 3.8) is 0 Å². The van der Waals surface area contributed by atoms with Crippen LogP contribution in [0.2, 0.25) is 0 Å². The molecule has 1 aromatic rings. The Hall–Kier alpha value is -1.34. The van der Waals surface area contributed by atoms with Gasteiger partial charge in [-0.1, -0.05) is 82.9 Å². The second-order valence-corrected chi connectivity index (χ2v) is 10.9. The van der Waals surface area contributed by atoms with E-state index >= 15 is 0 Å². The fourth-order valence-electron chi connectivity index (χ4n) is 4.29. The fraction of sp³-hybridized carbons (Fsp3) is 0.833. The van der Waals surface area contributed by atoms with Gasteiger partial charge in [0.05, 0.1) is 112 Å². The number of hydrogen-bond donors (Lipinski definition) is 0. The fourth-order valence-corrected chi connectivity index (χ4v) is 4.29. The van der Waals surface area contributed by atoms with Gasteiger partial charge in [-0.2, -0.15) is 0 Å². The topological polar surface area (TPSA) is 92.3 Å². The molecule has 0 saturated carbocycles. The number of unbranched alkanes of at least 4 members (excludes halogenated alkanes) is 9. The highest BCUT2D eigenvalue weighted by atomic mass is 16.6. The molecule has 0 spiro atoms. The molecule has 0 radical (unpaired) electrons. The number of hydrogen-bond acceptors (Lipinski definition) is 10. The molecule has 0 saturated heterocycles. The van der Waals surface area contributed by atoms with Crippen LogP contribution in [0, 0.1) is 0 Å². The molecule has 46 heavy (non-hydrogen) atoms. The van der Waals surface area contributed by atoms with E-state index in [1.807, 2.05) is 30.3 Å². The molecular weight excluding hydrogens is 592 g/mol. The minimum Gasteiger partial charge on any atom is -0.491 e. The maximum Gasteiger partial charge on any atom is 0.119 e. The van der Waals surface area contributed by atoms with Crippen molar-refractivity contribution < 1.29 is 47.4 Å². The summed E-state index contributed by atoms with van der Waals surface area (Å²) in [6.45, 7) is 12.9. The molecule has 1 rings (SSSR count). The highest BCUT2D eigenvalue weighted by Gasteiger charge is 1.97. The molecule has 0 bridgehead atoms. The van der Waals surface area contributed by atoms with Gasteiger partial charge in [0.25, 0.3) is 0 Å². The monoisotopic (exact) mass is 658 g/mol. The predicted octanol–water partition coefficient (Wildman–Crippen LogP) is 6.14. The number of rotatable bonds is 39. The Balaban J connectivity index is 1.61. The van der Waals surface area contributed by atoms with Crippen molar-refractivity contribution in [1.29, 1.82) is 0 Å². The minimum absolute atomic E-state index is 0.523. The van der Waals surface area contributed by atoms with Crippen molar-refractivity contribution in [3.05, 3.63) is 30.3 Å². The van der Waals surface area contributed by atoms with Crippen LogP contribution < -0.4 is 4.74 Å².